The van der Waals surface area contributed by atoms with E-state index in [1.54, 1.807) is 0 Å². The fourth-order valence-corrected chi connectivity index (χ4v) is 4.14. The van der Waals surface area contributed by atoms with E-state index < -0.39 is 0 Å². The van der Waals surface area contributed by atoms with Gasteiger partial charge in [-0.05, 0) is 61.6 Å². The molecule has 0 aliphatic carbocycles. The molecule has 1 aliphatic rings. The zero-order chi connectivity index (χ0) is 15.0. The van der Waals surface area contributed by atoms with Crippen LogP contribution in [0.15, 0.2) is 46.2 Å². The quantitative estimate of drug-likeness (QED) is 0.670. The molecule has 0 fully saturated rings. The molecule has 2 aromatic rings. The van der Waals surface area contributed by atoms with Gasteiger partial charge in [0.2, 0.25) is 0 Å². The zero-order valence-electron chi connectivity index (χ0n) is 13.3. The van der Waals surface area contributed by atoms with E-state index >= 15 is 0 Å². The van der Waals surface area contributed by atoms with Gasteiger partial charge in [-0.25, -0.2) is 0 Å². The summed E-state index contributed by atoms with van der Waals surface area (Å²) < 4.78 is 0. The van der Waals surface area contributed by atoms with Crippen molar-refractivity contribution in [3.8, 4) is 0 Å². The van der Waals surface area contributed by atoms with E-state index in [1.807, 2.05) is 11.8 Å². The average Bonchev–Trinajstić information content (AvgIpc) is 2.51. The van der Waals surface area contributed by atoms with Crippen LogP contribution < -0.4 is 4.90 Å². The molecule has 21 heavy (non-hydrogen) atoms. The van der Waals surface area contributed by atoms with Crippen molar-refractivity contribution < 1.29 is 0 Å². The van der Waals surface area contributed by atoms with Crippen molar-refractivity contribution in [2.45, 2.75) is 49.8 Å². The third-order valence-corrected chi connectivity index (χ3v) is 5.49. The Morgan fingerprint density at radius 3 is 2.33 bits per heavy atom. The van der Waals surface area contributed by atoms with Gasteiger partial charge in [-0.3, -0.25) is 0 Å². The van der Waals surface area contributed by atoms with E-state index in [9.17, 15) is 0 Å². The van der Waals surface area contributed by atoms with Gasteiger partial charge in [0, 0.05) is 16.3 Å². The number of fused-ring (bicyclic) bond motifs is 2. The lowest BCUT2D eigenvalue weighted by Crippen LogP contribution is -2.20. The molecule has 2 heteroatoms. The third-order valence-electron chi connectivity index (χ3n) is 4.40. The van der Waals surface area contributed by atoms with Crippen molar-refractivity contribution in [1.82, 2.24) is 0 Å². The van der Waals surface area contributed by atoms with Gasteiger partial charge < -0.3 is 4.90 Å². The zero-order valence-corrected chi connectivity index (χ0v) is 14.1. The number of anilines is 2. The van der Waals surface area contributed by atoms with Crippen molar-refractivity contribution in [1.29, 1.82) is 0 Å². The molecule has 0 N–H and O–H groups in total. The summed E-state index contributed by atoms with van der Waals surface area (Å²) in [7, 11) is 0. The van der Waals surface area contributed by atoms with Gasteiger partial charge in [-0.2, -0.15) is 0 Å². The van der Waals surface area contributed by atoms with E-state index in [4.69, 9.17) is 0 Å². The van der Waals surface area contributed by atoms with E-state index in [2.05, 4.69) is 69.0 Å². The molecule has 0 bridgehead atoms. The molecule has 1 nitrogen and oxygen atoms in total. The first-order valence-corrected chi connectivity index (χ1v) is 8.65. The minimum Gasteiger partial charge on any atom is -0.340 e. The molecule has 0 radical (unpaired) electrons. The van der Waals surface area contributed by atoms with E-state index in [-0.39, 0.29) is 0 Å². The van der Waals surface area contributed by atoms with Crippen LogP contribution in [0.4, 0.5) is 11.4 Å². The van der Waals surface area contributed by atoms with E-state index in [1.165, 1.54) is 38.7 Å². The van der Waals surface area contributed by atoms with Gasteiger partial charge in [0.05, 0.1) is 11.4 Å². The highest BCUT2D eigenvalue weighted by atomic mass is 32.2. The Morgan fingerprint density at radius 2 is 1.67 bits per heavy atom. The Hall–Kier alpha value is -1.41. The maximum atomic E-state index is 2.43. The van der Waals surface area contributed by atoms with Gasteiger partial charge in [0.25, 0.3) is 0 Å². The second kappa shape index (κ2) is 5.76. The first-order chi connectivity index (χ1) is 10.1. The van der Waals surface area contributed by atoms with Crippen molar-refractivity contribution in [3.63, 3.8) is 0 Å². The molecular formula is C19H23NS. The molecule has 0 saturated carbocycles. The summed E-state index contributed by atoms with van der Waals surface area (Å²) in [5.41, 5.74) is 5.48. The first kappa shape index (κ1) is 14.5. The Balaban J connectivity index is 2.08. The minimum absolute atomic E-state index is 0.630. The summed E-state index contributed by atoms with van der Waals surface area (Å²) in [6.45, 7) is 9.97. The lowest BCUT2D eigenvalue weighted by atomic mass is 9.98. The fourth-order valence-electron chi connectivity index (χ4n) is 2.89. The Labute approximate surface area is 132 Å². The second-order valence-electron chi connectivity index (χ2n) is 5.85. The Morgan fingerprint density at radius 1 is 1.00 bits per heavy atom. The monoisotopic (exact) mass is 297 g/mol. The third kappa shape index (κ3) is 2.57. The number of benzene rings is 2. The van der Waals surface area contributed by atoms with E-state index in [0.717, 1.165) is 6.54 Å². The van der Waals surface area contributed by atoms with Crippen LogP contribution in [-0.4, -0.2) is 6.54 Å². The van der Waals surface area contributed by atoms with Crippen LogP contribution in [0.2, 0.25) is 0 Å². The highest BCUT2D eigenvalue weighted by Gasteiger charge is 2.23. The van der Waals surface area contributed by atoms with Crippen LogP contribution in [0.25, 0.3) is 0 Å². The molecule has 1 unspecified atom stereocenters. The Bertz CT molecular complexity index is 663. The smallest absolute Gasteiger partial charge is 0.0552 e. The maximum Gasteiger partial charge on any atom is 0.0552 e. The Kier molecular flexibility index (Phi) is 3.99. The number of rotatable bonds is 3. The normalized spacial score (nSPS) is 14.6. The van der Waals surface area contributed by atoms with Crippen LogP contribution >= 0.6 is 11.8 Å². The molecule has 0 aromatic heterocycles. The predicted molar refractivity (Wildman–Crippen MR) is 93.1 cm³/mol. The summed E-state index contributed by atoms with van der Waals surface area (Å²) in [6, 6.07) is 13.8. The standard InChI is InChI=1S/C19H23NS/c1-5-14(4)15-8-10-17-19(12-15)21-18-11-13(3)7-9-16(18)20(17)6-2/h7-12,14H,5-6H2,1-4H3. The summed E-state index contributed by atoms with van der Waals surface area (Å²) in [6.07, 6.45) is 1.19. The molecule has 1 aliphatic heterocycles. The topological polar surface area (TPSA) is 3.24 Å². The fraction of sp³-hybridized carbons (Fsp3) is 0.368. The molecule has 110 valence electrons. The van der Waals surface area contributed by atoms with Gasteiger partial charge in [-0.1, -0.05) is 37.7 Å². The largest absolute Gasteiger partial charge is 0.340 e. The lowest BCUT2D eigenvalue weighted by molar-refractivity contribution is 0.731. The first-order valence-electron chi connectivity index (χ1n) is 7.84. The SMILES string of the molecule is CCC(C)c1ccc2c(c1)Sc1cc(C)ccc1N2CC. The minimum atomic E-state index is 0.630. The average molecular weight is 297 g/mol. The highest BCUT2D eigenvalue weighted by molar-refractivity contribution is 7.99. The van der Waals surface area contributed by atoms with Crippen LogP contribution in [0.3, 0.4) is 0 Å². The van der Waals surface area contributed by atoms with Crippen LogP contribution in [0, 0.1) is 6.92 Å². The van der Waals surface area contributed by atoms with Crippen molar-refractivity contribution in [2.75, 3.05) is 11.4 Å². The molecule has 0 spiro atoms. The summed E-state index contributed by atoms with van der Waals surface area (Å²) in [5, 5.41) is 0. The van der Waals surface area contributed by atoms with Crippen LogP contribution in [-0.2, 0) is 0 Å². The molecule has 1 heterocycles. The lowest BCUT2D eigenvalue weighted by Gasteiger charge is -2.32. The van der Waals surface area contributed by atoms with Gasteiger partial charge in [0.15, 0.2) is 0 Å². The van der Waals surface area contributed by atoms with Crippen molar-refractivity contribution in [2.24, 2.45) is 0 Å². The van der Waals surface area contributed by atoms with Crippen molar-refractivity contribution in [3.05, 3.63) is 47.5 Å². The molecule has 2 aromatic carbocycles. The highest BCUT2D eigenvalue weighted by Crippen LogP contribution is 2.49. The van der Waals surface area contributed by atoms with Crippen LogP contribution in [0.1, 0.15) is 44.2 Å². The van der Waals surface area contributed by atoms with Crippen molar-refractivity contribution >= 4 is 23.1 Å². The molecular weight excluding hydrogens is 274 g/mol. The van der Waals surface area contributed by atoms with Gasteiger partial charge in [0.1, 0.15) is 0 Å². The van der Waals surface area contributed by atoms with Gasteiger partial charge in [-0.15, -0.1) is 0 Å². The number of nitrogens with zero attached hydrogens (tertiary/aromatic N) is 1. The summed E-state index contributed by atoms with van der Waals surface area (Å²) in [4.78, 5) is 5.21. The molecule has 1 atom stereocenters. The molecule has 0 amide bonds. The number of aryl methyl sites for hydroxylation is 1. The molecule has 3 rings (SSSR count). The summed E-state index contributed by atoms with van der Waals surface area (Å²) >= 11 is 1.92. The number of hydrogen-bond acceptors (Lipinski definition) is 2. The summed E-state index contributed by atoms with van der Waals surface area (Å²) in [5.74, 6) is 0.630. The number of hydrogen-bond donors (Lipinski definition) is 0. The van der Waals surface area contributed by atoms with Crippen LogP contribution in [0.5, 0.6) is 0 Å². The predicted octanol–water partition coefficient (Wildman–Crippen LogP) is 6.13. The van der Waals surface area contributed by atoms with E-state index in [0.29, 0.717) is 5.92 Å². The van der Waals surface area contributed by atoms with Gasteiger partial charge >= 0.3 is 0 Å². The second-order valence-corrected chi connectivity index (χ2v) is 6.94. The molecule has 0 saturated heterocycles. The maximum absolute atomic E-state index is 2.43.